The van der Waals surface area contributed by atoms with Gasteiger partial charge in [0.1, 0.15) is 0 Å². The van der Waals surface area contributed by atoms with Gasteiger partial charge in [0.05, 0.1) is 27.3 Å². The number of piperazine rings is 1. The fraction of sp³-hybridized carbons (Fsp3) is 0.300. The van der Waals surface area contributed by atoms with E-state index >= 15 is 0 Å². The number of nitrogens with two attached hydrogens (primary N) is 1. The molecule has 0 saturated carbocycles. The summed E-state index contributed by atoms with van der Waals surface area (Å²) in [7, 11) is 0. The van der Waals surface area contributed by atoms with Crippen LogP contribution in [0.4, 0.5) is 18.9 Å². The lowest BCUT2D eigenvalue weighted by Gasteiger charge is -2.43. The molecule has 8 nitrogen and oxygen atoms in total. The number of hydrogen-bond acceptors (Lipinski definition) is 5. The van der Waals surface area contributed by atoms with E-state index in [0.717, 1.165) is 18.2 Å². The number of carboxylic acids is 1. The Hall–Kier alpha value is -4.09. The van der Waals surface area contributed by atoms with Crippen LogP contribution >= 0.6 is 11.6 Å². The van der Waals surface area contributed by atoms with Crippen molar-refractivity contribution in [2.75, 3.05) is 37.6 Å². The lowest BCUT2D eigenvalue weighted by Crippen LogP contribution is -2.55. The minimum atomic E-state index is -4.58. The maximum Gasteiger partial charge on any atom is 0.416 e. The predicted octanol–water partition coefficient (Wildman–Crippen LogP) is 5.15. The normalized spacial score (nSPS) is 15.4. The minimum Gasteiger partial charge on any atom is -0.478 e. The summed E-state index contributed by atoms with van der Waals surface area (Å²) >= 11 is 6.09. The van der Waals surface area contributed by atoms with E-state index in [9.17, 15) is 32.7 Å². The molecule has 42 heavy (non-hydrogen) atoms. The van der Waals surface area contributed by atoms with Crippen molar-refractivity contribution in [3.8, 4) is 11.1 Å². The van der Waals surface area contributed by atoms with Crippen molar-refractivity contribution in [3.63, 3.8) is 0 Å². The predicted molar refractivity (Wildman–Crippen MR) is 154 cm³/mol. The molecule has 2 amide bonds. The molecule has 1 heterocycles. The van der Waals surface area contributed by atoms with Gasteiger partial charge in [-0.05, 0) is 53.9 Å². The molecule has 0 aliphatic carbocycles. The quantitative estimate of drug-likeness (QED) is 0.328. The molecule has 1 aliphatic heterocycles. The van der Waals surface area contributed by atoms with E-state index in [4.69, 9.17) is 17.3 Å². The zero-order valence-corrected chi connectivity index (χ0v) is 23.5. The topological polar surface area (TPSA) is 116 Å². The number of halogens is 4. The summed E-state index contributed by atoms with van der Waals surface area (Å²) in [6, 6.07) is 14.1. The molecule has 0 radical (unpaired) electrons. The number of nitrogens with zero attached hydrogens (tertiary/aromatic N) is 2. The van der Waals surface area contributed by atoms with Gasteiger partial charge in [0.25, 0.3) is 11.8 Å². The van der Waals surface area contributed by atoms with E-state index in [1.165, 1.54) is 6.07 Å². The highest BCUT2D eigenvalue weighted by molar-refractivity contribution is 6.33. The molecule has 4 rings (SSSR count). The van der Waals surface area contributed by atoms with E-state index in [1.54, 1.807) is 41.3 Å². The Morgan fingerprint density at radius 2 is 1.76 bits per heavy atom. The molecule has 1 atom stereocenters. The number of carboxylic acid groups (broad SMARTS) is 1. The van der Waals surface area contributed by atoms with Gasteiger partial charge in [-0.2, -0.15) is 13.2 Å². The second-order valence-electron chi connectivity index (χ2n) is 9.83. The summed E-state index contributed by atoms with van der Waals surface area (Å²) < 4.78 is 39.2. The zero-order valence-electron chi connectivity index (χ0n) is 22.7. The number of rotatable bonds is 8. The SMILES string of the molecule is CCC1CN(C(=O)c2ccc(C(F)(F)F)cc2Cl)CCN1c1ccc(-c2ccccc2C(=O)O)cc1C(=O)NCCN. The average Bonchev–Trinajstić information content (AvgIpc) is 2.98. The second kappa shape index (κ2) is 12.8. The number of anilines is 1. The highest BCUT2D eigenvalue weighted by Crippen LogP contribution is 2.34. The molecule has 3 aromatic rings. The van der Waals surface area contributed by atoms with Crippen LogP contribution in [0, 0.1) is 0 Å². The minimum absolute atomic E-state index is 0.0173. The molecule has 12 heteroatoms. The Labute approximate surface area is 245 Å². The van der Waals surface area contributed by atoms with Crippen molar-refractivity contribution in [1.29, 1.82) is 0 Å². The Kier molecular flexibility index (Phi) is 9.43. The van der Waals surface area contributed by atoms with E-state index in [2.05, 4.69) is 5.32 Å². The van der Waals surface area contributed by atoms with Crippen LogP contribution in [-0.4, -0.2) is 66.6 Å². The van der Waals surface area contributed by atoms with Gasteiger partial charge in [0.2, 0.25) is 0 Å². The largest absolute Gasteiger partial charge is 0.478 e. The summed E-state index contributed by atoms with van der Waals surface area (Å²) in [5, 5.41) is 12.2. The Morgan fingerprint density at radius 3 is 2.40 bits per heavy atom. The van der Waals surface area contributed by atoms with E-state index in [0.29, 0.717) is 35.3 Å². The van der Waals surface area contributed by atoms with Gasteiger partial charge in [-0.15, -0.1) is 0 Å². The number of benzene rings is 3. The van der Waals surface area contributed by atoms with Crippen LogP contribution in [0.1, 0.15) is 50.0 Å². The third kappa shape index (κ3) is 6.52. The fourth-order valence-electron chi connectivity index (χ4n) is 5.08. The Bertz CT molecular complexity index is 1500. The molecule has 1 aliphatic rings. The van der Waals surface area contributed by atoms with Gasteiger partial charge >= 0.3 is 12.1 Å². The number of alkyl halides is 3. The molecule has 0 bridgehead atoms. The smallest absolute Gasteiger partial charge is 0.416 e. The van der Waals surface area contributed by atoms with Crippen molar-refractivity contribution in [2.24, 2.45) is 5.73 Å². The summed E-state index contributed by atoms with van der Waals surface area (Å²) in [6.45, 7) is 3.22. The molecular formula is C30H30ClF3N4O4. The Balaban J connectivity index is 1.65. The van der Waals surface area contributed by atoms with Gasteiger partial charge in [-0.1, -0.05) is 42.8 Å². The van der Waals surface area contributed by atoms with Crippen molar-refractivity contribution < 1.29 is 32.7 Å². The van der Waals surface area contributed by atoms with E-state index < -0.39 is 23.6 Å². The number of amides is 2. The molecule has 222 valence electrons. The molecule has 4 N–H and O–H groups in total. The van der Waals surface area contributed by atoms with Crippen LogP contribution in [0.15, 0.2) is 60.7 Å². The molecule has 0 aromatic heterocycles. The zero-order chi connectivity index (χ0) is 30.6. The lowest BCUT2D eigenvalue weighted by atomic mass is 9.95. The summed E-state index contributed by atoms with van der Waals surface area (Å²) in [5.74, 6) is -1.95. The van der Waals surface area contributed by atoms with Crippen molar-refractivity contribution >= 4 is 35.1 Å². The molecule has 1 saturated heterocycles. The number of aromatic carboxylic acids is 1. The standard InChI is InChI=1S/C30H30ClF3N4O4/c1-2-20-17-37(28(40)23-9-8-19(16-25(23)31)30(32,33)34)13-14-38(20)26-10-7-18(15-24(26)27(39)36-12-11-35)21-5-3-4-6-22(21)29(41)42/h3-10,15-16,20H,2,11-14,17,35H2,1H3,(H,36,39)(H,41,42). The molecule has 1 fully saturated rings. The summed E-state index contributed by atoms with van der Waals surface area (Å²) in [5.41, 5.74) is 6.67. The molecule has 3 aromatic carbocycles. The number of hydrogen-bond donors (Lipinski definition) is 3. The number of carbonyl (C=O) groups excluding carboxylic acids is 2. The summed E-state index contributed by atoms with van der Waals surface area (Å²) in [4.78, 5) is 42.0. The third-order valence-electron chi connectivity index (χ3n) is 7.22. The maximum atomic E-state index is 13.3. The van der Waals surface area contributed by atoms with Gasteiger partial charge in [-0.25, -0.2) is 4.79 Å². The molecule has 0 spiro atoms. The summed E-state index contributed by atoms with van der Waals surface area (Å²) in [6.07, 6.45) is -3.98. The van der Waals surface area contributed by atoms with Crippen LogP contribution in [0.5, 0.6) is 0 Å². The first-order valence-electron chi connectivity index (χ1n) is 13.3. The lowest BCUT2D eigenvalue weighted by molar-refractivity contribution is -0.137. The van der Waals surface area contributed by atoms with Crippen LogP contribution in [0.3, 0.4) is 0 Å². The fourth-order valence-corrected chi connectivity index (χ4v) is 5.34. The molecular weight excluding hydrogens is 573 g/mol. The number of nitrogens with one attached hydrogen (secondary N) is 1. The van der Waals surface area contributed by atoms with Crippen LogP contribution in [0.25, 0.3) is 11.1 Å². The van der Waals surface area contributed by atoms with E-state index in [1.807, 2.05) is 11.8 Å². The highest BCUT2D eigenvalue weighted by atomic mass is 35.5. The van der Waals surface area contributed by atoms with Crippen LogP contribution < -0.4 is 16.0 Å². The van der Waals surface area contributed by atoms with Gasteiger partial charge in [-0.3, -0.25) is 9.59 Å². The van der Waals surface area contributed by atoms with E-state index in [-0.39, 0.29) is 54.3 Å². The van der Waals surface area contributed by atoms with Crippen molar-refractivity contribution in [2.45, 2.75) is 25.6 Å². The van der Waals surface area contributed by atoms with Gasteiger partial charge < -0.3 is 26.0 Å². The first-order chi connectivity index (χ1) is 20.0. The Morgan fingerprint density at radius 1 is 1.02 bits per heavy atom. The van der Waals surface area contributed by atoms with Crippen LogP contribution in [0.2, 0.25) is 5.02 Å². The highest BCUT2D eigenvalue weighted by Gasteiger charge is 2.34. The molecule has 1 unspecified atom stereocenters. The van der Waals surface area contributed by atoms with Gasteiger partial charge in [0.15, 0.2) is 0 Å². The van der Waals surface area contributed by atoms with Crippen molar-refractivity contribution in [1.82, 2.24) is 10.2 Å². The first-order valence-corrected chi connectivity index (χ1v) is 13.7. The van der Waals surface area contributed by atoms with Gasteiger partial charge in [0, 0.05) is 44.5 Å². The number of carbonyl (C=O) groups is 3. The van der Waals surface area contributed by atoms with Crippen molar-refractivity contribution in [3.05, 3.63) is 87.9 Å². The third-order valence-corrected chi connectivity index (χ3v) is 7.53. The average molecular weight is 603 g/mol. The second-order valence-corrected chi connectivity index (χ2v) is 10.2. The first kappa shape index (κ1) is 30.9. The maximum absolute atomic E-state index is 13.3. The monoisotopic (exact) mass is 602 g/mol. The van der Waals surface area contributed by atoms with Crippen LogP contribution in [-0.2, 0) is 6.18 Å².